The Morgan fingerprint density at radius 2 is 2.13 bits per heavy atom. The number of nitro groups is 1. The number of hydrogen-bond acceptors (Lipinski definition) is 4. The molecule has 0 heterocycles. The van der Waals surface area contributed by atoms with Crippen LogP contribution in [0.3, 0.4) is 0 Å². The van der Waals surface area contributed by atoms with E-state index in [1.54, 1.807) is 6.92 Å². The van der Waals surface area contributed by atoms with Crippen molar-refractivity contribution in [2.75, 3.05) is 0 Å². The van der Waals surface area contributed by atoms with Crippen LogP contribution in [-0.2, 0) is 6.42 Å². The van der Waals surface area contributed by atoms with Crippen LogP contribution in [-0.4, -0.2) is 15.8 Å². The third kappa shape index (κ3) is 1.27. The van der Waals surface area contributed by atoms with E-state index in [-0.39, 0.29) is 17.0 Å². The van der Waals surface area contributed by atoms with Gasteiger partial charge in [0.2, 0.25) is 5.75 Å². The van der Waals surface area contributed by atoms with Crippen LogP contribution in [0, 0.1) is 17.0 Å². The predicted octanol–water partition coefficient (Wildman–Crippen LogP) is 1.74. The summed E-state index contributed by atoms with van der Waals surface area (Å²) in [5.74, 6) is -0.697. The summed E-state index contributed by atoms with van der Waals surface area (Å²) in [6.07, 6.45) is 0.885. The van der Waals surface area contributed by atoms with Gasteiger partial charge in [0.05, 0.1) is 10.5 Å². The molecule has 5 heteroatoms. The van der Waals surface area contributed by atoms with E-state index in [9.17, 15) is 20.0 Å². The summed E-state index contributed by atoms with van der Waals surface area (Å²) in [6, 6.07) is 1.31. The molecular formula is C10H9NO4. The summed E-state index contributed by atoms with van der Waals surface area (Å²) in [5.41, 5.74) is 1.19. The highest BCUT2D eigenvalue weighted by atomic mass is 16.6. The molecule has 0 bridgehead atoms. The van der Waals surface area contributed by atoms with Crippen LogP contribution in [0.2, 0.25) is 0 Å². The number of rotatable bonds is 1. The third-order valence-corrected chi connectivity index (χ3v) is 2.69. The molecule has 0 amide bonds. The van der Waals surface area contributed by atoms with Gasteiger partial charge < -0.3 is 5.11 Å². The molecule has 0 fully saturated rings. The molecule has 78 valence electrons. The Morgan fingerprint density at radius 1 is 1.47 bits per heavy atom. The minimum Gasteiger partial charge on any atom is -0.502 e. The number of carbonyl (C=O) groups excluding carboxylic acids is 1. The summed E-state index contributed by atoms with van der Waals surface area (Å²) in [5, 5.41) is 20.2. The van der Waals surface area contributed by atoms with Crippen molar-refractivity contribution in [1.29, 1.82) is 0 Å². The standard InChI is InChI=1S/C10H9NO4/c1-5-4-7(11(14)15)10(13)9-6(5)2-3-8(9)12/h4,13H,2-3H2,1H3. The predicted molar refractivity (Wildman–Crippen MR) is 52.1 cm³/mol. The zero-order valence-corrected chi connectivity index (χ0v) is 8.11. The second-order valence-electron chi connectivity index (χ2n) is 3.60. The van der Waals surface area contributed by atoms with Gasteiger partial charge in [0.25, 0.3) is 0 Å². The van der Waals surface area contributed by atoms with Crippen LogP contribution >= 0.6 is 0 Å². The topological polar surface area (TPSA) is 80.4 Å². The molecule has 0 saturated carbocycles. The highest BCUT2D eigenvalue weighted by Gasteiger charge is 2.30. The molecule has 1 aliphatic carbocycles. The van der Waals surface area contributed by atoms with Gasteiger partial charge >= 0.3 is 5.69 Å². The summed E-state index contributed by atoms with van der Waals surface area (Å²) in [6.45, 7) is 1.71. The number of ketones is 1. The smallest absolute Gasteiger partial charge is 0.311 e. The Morgan fingerprint density at radius 3 is 2.73 bits per heavy atom. The minimum absolute atomic E-state index is 0.140. The number of carbonyl (C=O) groups is 1. The van der Waals surface area contributed by atoms with Crippen molar-refractivity contribution in [3.05, 3.63) is 32.9 Å². The molecule has 5 nitrogen and oxygen atoms in total. The highest BCUT2D eigenvalue weighted by molar-refractivity contribution is 6.04. The molecular weight excluding hydrogens is 198 g/mol. The number of Topliss-reactive ketones (excluding diaryl/α,β-unsaturated/α-hetero) is 1. The van der Waals surface area contributed by atoms with Crippen LogP contribution in [0.5, 0.6) is 5.75 Å². The molecule has 1 N–H and O–H groups in total. The molecule has 0 aromatic heterocycles. The second kappa shape index (κ2) is 3.05. The molecule has 0 saturated heterocycles. The molecule has 0 atom stereocenters. The number of nitro benzene ring substituents is 1. The first-order valence-corrected chi connectivity index (χ1v) is 4.55. The molecule has 2 rings (SSSR count). The summed E-state index contributed by atoms with van der Waals surface area (Å²) in [7, 11) is 0. The van der Waals surface area contributed by atoms with Crippen LogP contribution in [0.15, 0.2) is 6.07 Å². The zero-order valence-electron chi connectivity index (χ0n) is 8.11. The number of aryl methyl sites for hydroxylation is 1. The van der Waals surface area contributed by atoms with Gasteiger partial charge in [-0.05, 0) is 24.5 Å². The van der Waals surface area contributed by atoms with Gasteiger partial charge in [-0.15, -0.1) is 0 Å². The number of aromatic hydroxyl groups is 1. The monoisotopic (exact) mass is 207 g/mol. The van der Waals surface area contributed by atoms with Crippen molar-refractivity contribution in [2.45, 2.75) is 19.8 Å². The maximum atomic E-state index is 11.4. The normalized spacial score (nSPS) is 14.1. The molecule has 15 heavy (non-hydrogen) atoms. The van der Waals surface area contributed by atoms with Gasteiger partial charge in [-0.25, -0.2) is 0 Å². The average molecular weight is 207 g/mol. The summed E-state index contributed by atoms with van der Waals surface area (Å²) >= 11 is 0. The fourth-order valence-corrected chi connectivity index (χ4v) is 1.95. The lowest BCUT2D eigenvalue weighted by Gasteiger charge is -2.05. The molecule has 0 unspecified atom stereocenters. The van der Waals surface area contributed by atoms with Crippen LogP contribution in [0.25, 0.3) is 0 Å². The average Bonchev–Trinajstić information content (AvgIpc) is 2.54. The Balaban J connectivity index is 2.76. The number of nitrogens with zero attached hydrogens (tertiary/aromatic N) is 1. The molecule has 0 radical (unpaired) electrons. The SMILES string of the molecule is Cc1cc([N+](=O)[O-])c(O)c2c1CCC2=O. The lowest BCUT2D eigenvalue weighted by atomic mass is 10.0. The van der Waals surface area contributed by atoms with Gasteiger partial charge in [-0.3, -0.25) is 14.9 Å². The second-order valence-corrected chi connectivity index (χ2v) is 3.60. The maximum absolute atomic E-state index is 11.4. The lowest BCUT2D eigenvalue weighted by molar-refractivity contribution is -0.385. The van der Waals surface area contributed by atoms with Crippen LogP contribution < -0.4 is 0 Å². The Hall–Kier alpha value is -1.91. The molecule has 1 aromatic rings. The van der Waals surface area contributed by atoms with E-state index in [1.165, 1.54) is 6.07 Å². The van der Waals surface area contributed by atoms with Crippen LogP contribution in [0.1, 0.15) is 27.9 Å². The minimum atomic E-state index is -0.672. The third-order valence-electron chi connectivity index (χ3n) is 2.69. The van der Waals surface area contributed by atoms with Gasteiger partial charge in [0.15, 0.2) is 5.78 Å². The largest absolute Gasteiger partial charge is 0.502 e. The first-order valence-electron chi connectivity index (χ1n) is 4.55. The van der Waals surface area contributed by atoms with Crippen molar-refractivity contribution in [3.63, 3.8) is 0 Å². The highest BCUT2D eigenvalue weighted by Crippen LogP contribution is 2.39. The van der Waals surface area contributed by atoms with E-state index in [2.05, 4.69) is 0 Å². The number of hydrogen-bond donors (Lipinski definition) is 1. The zero-order chi connectivity index (χ0) is 11.2. The van der Waals surface area contributed by atoms with E-state index in [4.69, 9.17) is 0 Å². The van der Waals surface area contributed by atoms with Crippen molar-refractivity contribution in [2.24, 2.45) is 0 Å². The Labute approximate surface area is 85.5 Å². The van der Waals surface area contributed by atoms with Crippen molar-refractivity contribution < 1.29 is 14.8 Å². The fourth-order valence-electron chi connectivity index (χ4n) is 1.95. The summed E-state index contributed by atoms with van der Waals surface area (Å²) < 4.78 is 0. The Kier molecular flexibility index (Phi) is 1.96. The van der Waals surface area contributed by atoms with Crippen LogP contribution in [0.4, 0.5) is 5.69 Å². The van der Waals surface area contributed by atoms with Crippen molar-refractivity contribution >= 4 is 11.5 Å². The number of phenolic OH excluding ortho intramolecular Hbond substituents is 1. The maximum Gasteiger partial charge on any atom is 0.311 e. The van der Waals surface area contributed by atoms with Gasteiger partial charge in [0.1, 0.15) is 0 Å². The van der Waals surface area contributed by atoms with E-state index in [0.717, 1.165) is 5.56 Å². The Bertz CT molecular complexity index is 479. The first kappa shape index (κ1) is 9.64. The number of fused-ring (bicyclic) bond motifs is 1. The van der Waals surface area contributed by atoms with Gasteiger partial charge in [0, 0.05) is 12.5 Å². The quantitative estimate of drug-likeness (QED) is 0.561. The van der Waals surface area contributed by atoms with E-state index in [0.29, 0.717) is 18.4 Å². The van der Waals surface area contributed by atoms with Crippen molar-refractivity contribution in [1.82, 2.24) is 0 Å². The van der Waals surface area contributed by atoms with E-state index in [1.807, 2.05) is 0 Å². The van der Waals surface area contributed by atoms with E-state index >= 15 is 0 Å². The fraction of sp³-hybridized carbons (Fsp3) is 0.300. The molecule has 0 spiro atoms. The number of phenols is 1. The molecule has 0 aliphatic heterocycles. The van der Waals surface area contributed by atoms with Gasteiger partial charge in [-0.1, -0.05) is 0 Å². The lowest BCUT2D eigenvalue weighted by Crippen LogP contribution is -1.98. The molecule has 1 aliphatic rings. The molecule has 1 aromatic carbocycles. The first-order chi connectivity index (χ1) is 7.02. The number of benzene rings is 1. The van der Waals surface area contributed by atoms with Gasteiger partial charge in [-0.2, -0.15) is 0 Å². The summed E-state index contributed by atoms with van der Waals surface area (Å²) in [4.78, 5) is 21.4. The van der Waals surface area contributed by atoms with Crippen molar-refractivity contribution in [3.8, 4) is 5.75 Å². The van der Waals surface area contributed by atoms with E-state index < -0.39 is 10.7 Å².